The number of aromatic nitrogens is 1. The molecule has 0 aliphatic heterocycles. The van der Waals surface area contributed by atoms with E-state index in [0.29, 0.717) is 6.54 Å². The first-order valence-electron chi connectivity index (χ1n) is 7.75. The summed E-state index contributed by atoms with van der Waals surface area (Å²) in [5, 5.41) is -1.09. The van der Waals surface area contributed by atoms with E-state index in [1.807, 2.05) is 49.4 Å². The van der Waals surface area contributed by atoms with Crippen molar-refractivity contribution >= 4 is 15.7 Å². The van der Waals surface area contributed by atoms with Gasteiger partial charge in [0.05, 0.1) is 11.7 Å². The molecule has 0 aliphatic carbocycles. The highest BCUT2D eigenvalue weighted by molar-refractivity contribution is 7.92. The first-order valence-corrected chi connectivity index (χ1v) is 9.70. The van der Waals surface area contributed by atoms with Gasteiger partial charge in [-0.25, -0.2) is 8.42 Å². The molecule has 24 heavy (non-hydrogen) atoms. The van der Waals surface area contributed by atoms with Gasteiger partial charge in [0.25, 0.3) is 0 Å². The van der Waals surface area contributed by atoms with Crippen LogP contribution in [-0.2, 0) is 21.2 Å². The van der Waals surface area contributed by atoms with Gasteiger partial charge in [0.2, 0.25) is 5.91 Å². The Balaban J connectivity index is 2.36. The molecule has 0 saturated heterocycles. The summed E-state index contributed by atoms with van der Waals surface area (Å²) in [6.07, 6.45) is 2.75. The Morgan fingerprint density at radius 1 is 1.08 bits per heavy atom. The molecule has 2 rings (SSSR count). The lowest BCUT2D eigenvalue weighted by molar-refractivity contribution is -0.133. The van der Waals surface area contributed by atoms with E-state index in [0.717, 1.165) is 17.5 Å². The average Bonchev–Trinajstić information content (AvgIpc) is 2.58. The fourth-order valence-electron chi connectivity index (χ4n) is 2.39. The van der Waals surface area contributed by atoms with Gasteiger partial charge in [-0.15, -0.1) is 0 Å². The fraction of sp³-hybridized carbons (Fsp3) is 0.333. The predicted molar refractivity (Wildman–Crippen MR) is 93.9 cm³/mol. The number of pyridine rings is 1. The molecule has 6 heteroatoms. The summed E-state index contributed by atoms with van der Waals surface area (Å²) in [7, 11) is -3.47. The van der Waals surface area contributed by atoms with Gasteiger partial charge in [0.1, 0.15) is 5.25 Å². The molecule has 5 nitrogen and oxygen atoms in total. The maximum atomic E-state index is 12.8. The van der Waals surface area contributed by atoms with Crippen molar-refractivity contribution in [1.82, 2.24) is 9.88 Å². The Morgan fingerprint density at radius 3 is 2.25 bits per heavy atom. The van der Waals surface area contributed by atoms with E-state index in [1.54, 1.807) is 17.2 Å². The third-order valence-electron chi connectivity index (χ3n) is 4.05. The molecule has 0 radical (unpaired) electrons. The lowest BCUT2D eigenvalue weighted by Gasteiger charge is -2.31. The quantitative estimate of drug-likeness (QED) is 0.806. The Hall–Kier alpha value is -2.21. The van der Waals surface area contributed by atoms with Gasteiger partial charge in [-0.2, -0.15) is 0 Å². The van der Waals surface area contributed by atoms with Gasteiger partial charge in [-0.1, -0.05) is 36.4 Å². The Kier molecular flexibility index (Phi) is 5.72. The molecule has 1 amide bonds. The van der Waals surface area contributed by atoms with E-state index >= 15 is 0 Å². The van der Waals surface area contributed by atoms with Crippen LogP contribution in [0.5, 0.6) is 0 Å². The maximum absolute atomic E-state index is 12.8. The number of benzene rings is 1. The van der Waals surface area contributed by atoms with E-state index in [1.165, 1.54) is 6.92 Å². The minimum atomic E-state index is -3.47. The third-order valence-corrected chi connectivity index (χ3v) is 5.54. The summed E-state index contributed by atoms with van der Waals surface area (Å²) in [4.78, 5) is 18.7. The summed E-state index contributed by atoms with van der Waals surface area (Å²) >= 11 is 0. The van der Waals surface area contributed by atoms with E-state index in [-0.39, 0.29) is 6.04 Å². The first-order chi connectivity index (χ1) is 11.3. The molecule has 1 aromatic heterocycles. The van der Waals surface area contributed by atoms with Gasteiger partial charge in [-0.05, 0) is 31.5 Å². The highest BCUT2D eigenvalue weighted by Crippen LogP contribution is 2.23. The van der Waals surface area contributed by atoms with E-state index < -0.39 is 21.0 Å². The molecule has 0 N–H and O–H groups in total. The zero-order chi connectivity index (χ0) is 17.7. The molecule has 1 aromatic carbocycles. The molecule has 1 heterocycles. The van der Waals surface area contributed by atoms with Crippen LogP contribution in [0.2, 0.25) is 0 Å². The summed E-state index contributed by atoms with van der Waals surface area (Å²) in [5.41, 5.74) is 1.66. The molecule has 0 fully saturated rings. The van der Waals surface area contributed by atoms with Crippen LogP contribution in [0.15, 0.2) is 54.7 Å². The summed E-state index contributed by atoms with van der Waals surface area (Å²) < 4.78 is 23.7. The SMILES string of the molecule is C[C@H](c1ccccn1)N(Cc1ccccc1)C(=O)[C@H](C)S(C)(=O)=O. The van der Waals surface area contributed by atoms with E-state index in [4.69, 9.17) is 0 Å². The number of rotatable bonds is 6. The van der Waals surface area contributed by atoms with Crippen LogP contribution >= 0.6 is 0 Å². The summed E-state index contributed by atoms with van der Waals surface area (Å²) in [5.74, 6) is -0.417. The predicted octanol–water partition coefficient (Wildman–Crippen LogP) is 2.60. The van der Waals surface area contributed by atoms with Crippen molar-refractivity contribution in [1.29, 1.82) is 0 Å². The minimum Gasteiger partial charge on any atom is -0.329 e. The second-order valence-corrected chi connectivity index (χ2v) is 8.22. The zero-order valence-corrected chi connectivity index (χ0v) is 14.9. The first kappa shape index (κ1) is 18.1. The molecule has 0 bridgehead atoms. The van der Waals surface area contributed by atoms with Crippen LogP contribution in [0, 0.1) is 0 Å². The molecule has 0 aliphatic rings. The molecular formula is C18H22N2O3S. The molecule has 0 unspecified atom stereocenters. The van der Waals surface area contributed by atoms with Gasteiger partial charge >= 0.3 is 0 Å². The second kappa shape index (κ2) is 7.57. The Morgan fingerprint density at radius 2 is 1.71 bits per heavy atom. The topological polar surface area (TPSA) is 67.3 Å². The van der Waals surface area contributed by atoms with Gasteiger partial charge in [0, 0.05) is 19.0 Å². The van der Waals surface area contributed by atoms with Crippen LogP contribution in [0.4, 0.5) is 0 Å². The zero-order valence-electron chi connectivity index (χ0n) is 14.1. The lowest BCUT2D eigenvalue weighted by Crippen LogP contribution is -2.42. The van der Waals surface area contributed by atoms with Crippen LogP contribution in [0.3, 0.4) is 0 Å². The maximum Gasteiger partial charge on any atom is 0.241 e. The van der Waals surface area contributed by atoms with Crippen molar-refractivity contribution in [3.05, 3.63) is 66.0 Å². The number of sulfone groups is 1. The molecular weight excluding hydrogens is 324 g/mol. The van der Waals surface area contributed by atoms with Crippen LogP contribution in [0.1, 0.15) is 31.1 Å². The molecule has 2 atom stereocenters. The number of nitrogens with zero attached hydrogens (tertiary/aromatic N) is 2. The van der Waals surface area contributed by atoms with Crippen LogP contribution in [0.25, 0.3) is 0 Å². The van der Waals surface area contributed by atoms with Crippen molar-refractivity contribution in [2.45, 2.75) is 31.7 Å². The molecule has 0 saturated carbocycles. The van der Waals surface area contributed by atoms with E-state index in [9.17, 15) is 13.2 Å². The Bertz CT molecular complexity index is 776. The van der Waals surface area contributed by atoms with Crippen molar-refractivity contribution in [2.24, 2.45) is 0 Å². The number of carbonyl (C=O) groups excluding carboxylic acids is 1. The summed E-state index contributed by atoms with van der Waals surface area (Å²) in [6.45, 7) is 3.62. The van der Waals surface area contributed by atoms with Gasteiger partial charge in [0.15, 0.2) is 9.84 Å². The molecule has 2 aromatic rings. The minimum absolute atomic E-state index is 0.330. The standard InChI is InChI=1S/C18H22N2O3S/c1-14(17-11-7-8-12-19-17)20(13-16-9-5-4-6-10-16)18(21)15(2)24(3,22)23/h4-12,14-15H,13H2,1-3H3/t14-,15+/m1/s1. The number of amides is 1. The van der Waals surface area contributed by atoms with Crippen molar-refractivity contribution < 1.29 is 13.2 Å². The third kappa shape index (κ3) is 4.41. The smallest absolute Gasteiger partial charge is 0.241 e. The van der Waals surface area contributed by atoms with E-state index in [2.05, 4.69) is 4.98 Å². The average molecular weight is 346 g/mol. The van der Waals surface area contributed by atoms with Crippen molar-refractivity contribution in [3.8, 4) is 0 Å². The normalized spacial score (nSPS) is 14.0. The number of hydrogen-bond donors (Lipinski definition) is 0. The van der Waals surface area contributed by atoms with Crippen molar-refractivity contribution in [3.63, 3.8) is 0 Å². The lowest BCUT2D eigenvalue weighted by atomic mass is 10.1. The summed E-state index contributed by atoms with van der Waals surface area (Å²) in [6, 6.07) is 14.7. The fourth-order valence-corrected chi connectivity index (χ4v) is 2.89. The number of carbonyl (C=O) groups is 1. The second-order valence-electron chi connectivity index (χ2n) is 5.85. The van der Waals surface area contributed by atoms with Crippen LogP contribution in [-0.4, -0.2) is 35.7 Å². The van der Waals surface area contributed by atoms with Crippen molar-refractivity contribution in [2.75, 3.05) is 6.26 Å². The number of hydrogen-bond acceptors (Lipinski definition) is 4. The highest BCUT2D eigenvalue weighted by atomic mass is 32.2. The highest BCUT2D eigenvalue weighted by Gasteiger charge is 2.31. The largest absolute Gasteiger partial charge is 0.329 e. The Labute approximate surface area is 143 Å². The van der Waals surface area contributed by atoms with Gasteiger partial charge < -0.3 is 4.90 Å². The van der Waals surface area contributed by atoms with Gasteiger partial charge in [-0.3, -0.25) is 9.78 Å². The molecule has 0 spiro atoms. The monoisotopic (exact) mass is 346 g/mol. The van der Waals surface area contributed by atoms with Crippen LogP contribution < -0.4 is 0 Å². The molecule has 128 valence electrons.